The van der Waals surface area contributed by atoms with Gasteiger partial charge in [-0.15, -0.1) is 0 Å². The van der Waals surface area contributed by atoms with Crippen molar-refractivity contribution in [2.45, 2.75) is 39.7 Å². The minimum atomic E-state index is 0.286. The van der Waals surface area contributed by atoms with Crippen LogP contribution in [0, 0.1) is 0 Å². The summed E-state index contributed by atoms with van der Waals surface area (Å²) in [5.74, 6) is 1.12. The van der Waals surface area contributed by atoms with Crippen LogP contribution in [0.2, 0.25) is 0 Å². The summed E-state index contributed by atoms with van der Waals surface area (Å²) in [6, 6.07) is 7.21. The van der Waals surface area contributed by atoms with Gasteiger partial charge < -0.3 is 15.7 Å². The van der Waals surface area contributed by atoms with Gasteiger partial charge in [0.15, 0.2) is 5.96 Å². The fourth-order valence-corrected chi connectivity index (χ4v) is 1.75. The van der Waals surface area contributed by atoms with E-state index in [1.165, 1.54) is 12.8 Å². The number of guanidine groups is 1. The molecule has 0 bridgehead atoms. The highest BCUT2D eigenvalue weighted by atomic mass is 16.3. The van der Waals surface area contributed by atoms with E-state index >= 15 is 0 Å². The second-order valence-electron chi connectivity index (χ2n) is 4.50. The van der Waals surface area contributed by atoms with Crippen LogP contribution in [0.5, 0.6) is 5.75 Å². The van der Waals surface area contributed by atoms with Crippen LogP contribution in [0.4, 0.5) is 0 Å². The Hall–Kier alpha value is -1.71. The normalized spacial score (nSPS) is 11.4. The van der Waals surface area contributed by atoms with Crippen LogP contribution in [0.15, 0.2) is 29.3 Å². The van der Waals surface area contributed by atoms with Crippen LogP contribution in [-0.4, -0.2) is 24.2 Å². The average molecular weight is 263 g/mol. The predicted molar refractivity (Wildman–Crippen MR) is 80.5 cm³/mol. The van der Waals surface area contributed by atoms with Gasteiger partial charge in [-0.3, -0.25) is 0 Å². The third-order valence-corrected chi connectivity index (χ3v) is 2.75. The van der Waals surface area contributed by atoms with Crippen LogP contribution < -0.4 is 10.6 Å². The Kier molecular flexibility index (Phi) is 7.47. The second kappa shape index (κ2) is 9.25. The van der Waals surface area contributed by atoms with E-state index < -0.39 is 0 Å². The lowest BCUT2D eigenvalue weighted by Gasteiger charge is -2.11. The molecule has 0 heterocycles. The molecule has 0 saturated carbocycles. The van der Waals surface area contributed by atoms with Crippen LogP contribution in [0.1, 0.15) is 38.7 Å². The van der Waals surface area contributed by atoms with Gasteiger partial charge in [0.1, 0.15) is 5.75 Å². The van der Waals surface area contributed by atoms with Gasteiger partial charge in [0.05, 0.1) is 6.54 Å². The Balaban J connectivity index is 2.47. The third-order valence-electron chi connectivity index (χ3n) is 2.75. The van der Waals surface area contributed by atoms with Crippen LogP contribution in [0.3, 0.4) is 0 Å². The van der Waals surface area contributed by atoms with Crippen molar-refractivity contribution in [3.05, 3.63) is 29.8 Å². The fraction of sp³-hybridized carbons (Fsp3) is 0.533. The highest BCUT2D eigenvalue weighted by molar-refractivity contribution is 5.79. The minimum Gasteiger partial charge on any atom is -0.508 e. The van der Waals surface area contributed by atoms with Crippen molar-refractivity contribution in [1.29, 1.82) is 0 Å². The highest BCUT2D eigenvalue weighted by Gasteiger charge is 1.97. The minimum absolute atomic E-state index is 0.286. The molecule has 0 aliphatic rings. The summed E-state index contributed by atoms with van der Waals surface area (Å²) in [4.78, 5) is 4.51. The molecule has 0 amide bonds. The number of rotatable bonds is 7. The lowest BCUT2D eigenvalue weighted by atomic mass is 10.2. The zero-order valence-corrected chi connectivity index (χ0v) is 11.9. The van der Waals surface area contributed by atoms with Crippen molar-refractivity contribution in [3.63, 3.8) is 0 Å². The summed E-state index contributed by atoms with van der Waals surface area (Å²) in [7, 11) is 0. The van der Waals surface area contributed by atoms with E-state index in [2.05, 4.69) is 29.5 Å². The molecule has 1 aromatic rings. The molecule has 0 saturated heterocycles. The Bertz CT molecular complexity index is 391. The molecule has 1 rings (SSSR count). The average Bonchev–Trinajstić information content (AvgIpc) is 2.41. The summed E-state index contributed by atoms with van der Waals surface area (Å²) in [6.07, 6.45) is 3.62. The molecule has 0 fully saturated rings. The molecule has 0 aliphatic carbocycles. The van der Waals surface area contributed by atoms with E-state index in [1.807, 2.05) is 12.1 Å². The maximum atomic E-state index is 9.40. The number of hydrogen-bond donors (Lipinski definition) is 3. The molecule has 4 heteroatoms. The molecule has 19 heavy (non-hydrogen) atoms. The lowest BCUT2D eigenvalue weighted by molar-refractivity contribution is 0.474. The first-order valence-electron chi connectivity index (χ1n) is 7.06. The van der Waals surface area contributed by atoms with Gasteiger partial charge in [-0.25, -0.2) is 4.99 Å². The van der Waals surface area contributed by atoms with Gasteiger partial charge in [0.2, 0.25) is 0 Å². The van der Waals surface area contributed by atoms with Gasteiger partial charge in [-0.2, -0.15) is 0 Å². The van der Waals surface area contributed by atoms with Crippen molar-refractivity contribution in [2.75, 3.05) is 13.1 Å². The largest absolute Gasteiger partial charge is 0.508 e. The van der Waals surface area contributed by atoms with Gasteiger partial charge >= 0.3 is 0 Å². The number of aromatic hydroxyl groups is 1. The zero-order valence-electron chi connectivity index (χ0n) is 11.9. The number of unbranched alkanes of at least 4 members (excludes halogenated alkanes) is 2. The summed E-state index contributed by atoms with van der Waals surface area (Å²) in [6.45, 7) is 6.61. The summed E-state index contributed by atoms with van der Waals surface area (Å²) in [5.41, 5.74) is 1.01. The molecule has 3 N–H and O–H groups in total. The highest BCUT2D eigenvalue weighted by Crippen LogP contribution is 2.11. The predicted octanol–water partition coefficient (Wildman–Crippen LogP) is 2.64. The maximum Gasteiger partial charge on any atom is 0.191 e. The fourth-order valence-electron chi connectivity index (χ4n) is 1.75. The summed E-state index contributed by atoms with van der Waals surface area (Å²) < 4.78 is 0. The molecule has 0 unspecified atom stereocenters. The Morgan fingerprint density at radius 1 is 1.21 bits per heavy atom. The van der Waals surface area contributed by atoms with Crippen molar-refractivity contribution < 1.29 is 5.11 Å². The molecule has 0 aliphatic heterocycles. The molecule has 0 aromatic heterocycles. The Labute approximate surface area is 116 Å². The number of benzene rings is 1. The van der Waals surface area contributed by atoms with E-state index in [1.54, 1.807) is 12.1 Å². The van der Waals surface area contributed by atoms with E-state index in [4.69, 9.17) is 0 Å². The first-order chi connectivity index (χ1) is 9.26. The van der Waals surface area contributed by atoms with Gasteiger partial charge in [-0.05, 0) is 31.0 Å². The summed E-state index contributed by atoms with van der Waals surface area (Å²) >= 11 is 0. The van der Waals surface area contributed by atoms with Gasteiger partial charge in [-0.1, -0.05) is 31.9 Å². The standard InChI is InChI=1S/C15H25N3O/c1-3-5-6-10-17-15(16-4-2)18-12-13-8-7-9-14(19)11-13/h7-9,11,19H,3-6,10,12H2,1-2H3,(H2,16,17,18). The Morgan fingerprint density at radius 2 is 2.05 bits per heavy atom. The van der Waals surface area contributed by atoms with Crippen molar-refractivity contribution in [3.8, 4) is 5.75 Å². The maximum absolute atomic E-state index is 9.40. The number of phenolic OH excluding ortho intramolecular Hbond substituents is 1. The molecule has 4 nitrogen and oxygen atoms in total. The lowest BCUT2D eigenvalue weighted by Crippen LogP contribution is -2.37. The van der Waals surface area contributed by atoms with Crippen LogP contribution >= 0.6 is 0 Å². The number of nitrogens with zero attached hydrogens (tertiary/aromatic N) is 1. The van der Waals surface area contributed by atoms with Gasteiger partial charge in [0.25, 0.3) is 0 Å². The monoisotopic (exact) mass is 263 g/mol. The van der Waals surface area contributed by atoms with E-state index in [-0.39, 0.29) is 5.75 Å². The van der Waals surface area contributed by atoms with Crippen molar-refractivity contribution in [1.82, 2.24) is 10.6 Å². The first kappa shape index (κ1) is 15.3. The number of phenols is 1. The molecule has 106 valence electrons. The van der Waals surface area contributed by atoms with E-state index in [9.17, 15) is 5.11 Å². The third kappa shape index (κ3) is 6.70. The van der Waals surface area contributed by atoms with Crippen molar-refractivity contribution >= 4 is 5.96 Å². The zero-order chi connectivity index (χ0) is 13.9. The molecular weight excluding hydrogens is 238 g/mol. The molecular formula is C15H25N3O. The smallest absolute Gasteiger partial charge is 0.191 e. The Morgan fingerprint density at radius 3 is 2.74 bits per heavy atom. The SMILES string of the molecule is CCCCCNC(=NCc1cccc(O)c1)NCC. The topological polar surface area (TPSA) is 56.7 Å². The van der Waals surface area contributed by atoms with Crippen LogP contribution in [-0.2, 0) is 6.54 Å². The number of nitrogens with one attached hydrogen (secondary N) is 2. The number of aliphatic imine (C=N–C) groups is 1. The quantitative estimate of drug-likeness (QED) is 0.403. The molecule has 1 aromatic carbocycles. The van der Waals surface area contributed by atoms with Gasteiger partial charge in [0, 0.05) is 13.1 Å². The van der Waals surface area contributed by atoms with E-state index in [0.29, 0.717) is 6.54 Å². The molecule has 0 radical (unpaired) electrons. The van der Waals surface area contributed by atoms with Crippen molar-refractivity contribution in [2.24, 2.45) is 4.99 Å². The summed E-state index contributed by atoms with van der Waals surface area (Å²) in [5, 5.41) is 15.9. The number of hydrogen-bond acceptors (Lipinski definition) is 2. The van der Waals surface area contributed by atoms with Crippen LogP contribution in [0.25, 0.3) is 0 Å². The molecule has 0 spiro atoms. The second-order valence-corrected chi connectivity index (χ2v) is 4.50. The first-order valence-corrected chi connectivity index (χ1v) is 7.06. The molecule has 0 atom stereocenters. The van der Waals surface area contributed by atoms with E-state index in [0.717, 1.165) is 31.0 Å².